The number of aromatic nitrogens is 1. The molecular formula is C17H14N2. The van der Waals surface area contributed by atoms with Gasteiger partial charge in [-0.2, -0.15) is 0 Å². The van der Waals surface area contributed by atoms with E-state index >= 15 is 0 Å². The predicted octanol–water partition coefficient (Wildman–Crippen LogP) is 4.00. The Bertz CT molecular complexity index is 676. The van der Waals surface area contributed by atoms with Crippen molar-refractivity contribution in [2.45, 2.75) is 0 Å². The van der Waals surface area contributed by atoms with E-state index < -0.39 is 0 Å². The van der Waals surface area contributed by atoms with Gasteiger partial charge in [-0.3, -0.25) is 0 Å². The van der Waals surface area contributed by atoms with Gasteiger partial charge in [-0.1, -0.05) is 60.7 Å². The Balaban J connectivity index is 2.04. The van der Waals surface area contributed by atoms with Gasteiger partial charge in [-0.15, -0.1) is 0 Å². The average Bonchev–Trinajstić information content (AvgIpc) is 2.49. The zero-order valence-electron chi connectivity index (χ0n) is 10.5. The van der Waals surface area contributed by atoms with Gasteiger partial charge < -0.3 is 5.73 Å². The molecule has 3 rings (SSSR count). The minimum atomic E-state index is 0.563. The smallest absolute Gasteiger partial charge is 0.131 e. The lowest BCUT2D eigenvalue weighted by atomic mass is 10.0. The van der Waals surface area contributed by atoms with Gasteiger partial charge in [0.25, 0.3) is 0 Å². The molecule has 92 valence electrons. The maximum absolute atomic E-state index is 6.08. The minimum absolute atomic E-state index is 0.563. The van der Waals surface area contributed by atoms with Crippen molar-refractivity contribution in [3.63, 3.8) is 0 Å². The highest BCUT2D eigenvalue weighted by atomic mass is 14.8. The van der Waals surface area contributed by atoms with E-state index in [-0.39, 0.29) is 0 Å². The highest BCUT2D eigenvalue weighted by Gasteiger charge is 2.05. The number of hydrogen-bond donors (Lipinski definition) is 1. The Kier molecular flexibility index (Phi) is 2.99. The number of benzene rings is 2. The first-order valence-corrected chi connectivity index (χ1v) is 6.22. The lowest BCUT2D eigenvalue weighted by Gasteiger charge is -2.07. The second-order valence-corrected chi connectivity index (χ2v) is 4.36. The lowest BCUT2D eigenvalue weighted by Crippen LogP contribution is -1.95. The zero-order valence-corrected chi connectivity index (χ0v) is 10.5. The minimum Gasteiger partial charge on any atom is -0.383 e. The van der Waals surface area contributed by atoms with Crippen LogP contribution in [0.4, 0.5) is 5.82 Å². The van der Waals surface area contributed by atoms with E-state index in [1.165, 1.54) is 0 Å². The van der Waals surface area contributed by atoms with Crippen molar-refractivity contribution in [1.82, 2.24) is 4.98 Å². The van der Waals surface area contributed by atoms with E-state index in [4.69, 9.17) is 5.73 Å². The predicted molar refractivity (Wildman–Crippen MR) is 79.5 cm³/mol. The highest BCUT2D eigenvalue weighted by Crippen LogP contribution is 2.27. The summed E-state index contributed by atoms with van der Waals surface area (Å²) in [5.41, 5.74) is 10.1. The van der Waals surface area contributed by atoms with Crippen LogP contribution in [-0.4, -0.2) is 4.98 Å². The van der Waals surface area contributed by atoms with Crippen LogP contribution in [0.25, 0.3) is 22.4 Å². The Hall–Kier alpha value is -2.61. The Labute approximate surface area is 112 Å². The maximum Gasteiger partial charge on any atom is 0.131 e. The molecule has 3 aromatic rings. The fraction of sp³-hybridized carbons (Fsp3) is 0. The van der Waals surface area contributed by atoms with Crippen molar-refractivity contribution in [3.8, 4) is 22.4 Å². The van der Waals surface area contributed by atoms with Gasteiger partial charge in [0, 0.05) is 11.1 Å². The van der Waals surface area contributed by atoms with E-state index in [1.807, 2.05) is 72.8 Å². The molecule has 0 atom stereocenters. The third kappa shape index (κ3) is 2.33. The second kappa shape index (κ2) is 4.94. The summed E-state index contributed by atoms with van der Waals surface area (Å²) in [4.78, 5) is 4.50. The first kappa shape index (κ1) is 11.5. The number of anilines is 1. The van der Waals surface area contributed by atoms with Crippen LogP contribution in [0.5, 0.6) is 0 Å². The topological polar surface area (TPSA) is 38.9 Å². The normalized spacial score (nSPS) is 10.3. The molecule has 19 heavy (non-hydrogen) atoms. The van der Waals surface area contributed by atoms with Gasteiger partial charge in [0.1, 0.15) is 5.82 Å². The molecule has 1 aromatic heterocycles. The molecule has 0 bridgehead atoms. The van der Waals surface area contributed by atoms with Crippen molar-refractivity contribution in [1.29, 1.82) is 0 Å². The van der Waals surface area contributed by atoms with Gasteiger partial charge in [-0.25, -0.2) is 4.98 Å². The third-order valence-corrected chi connectivity index (χ3v) is 3.08. The molecule has 0 aliphatic carbocycles. The third-order valence-electron chi connectivity index (χ3n) is 3.08. The summed E-state index contributed by atoms with van der Waals surface area (Å²) in [6.45, 7) is 0. The first-order valence-electron chi connectivity index (χ1n) is 6.22. The van der Waals surface area contributed by atoms with Gasteiger partial charge >= 0.3 is 0 Å². The van der Waals surface area contributed by atoms with Crippen LogP contribution in [0, 0.1) is 0 Å². The fourth-order valence-electron chi connectivity index (χ4n) is 2.11. The standard InChI is InChI=1S/C17H14N2/c18-17-15(13-7-3-1-4-8-13)11-12-16(19-17)14-9-5-2-6-10-14/h1-12H,(H2,18,19). The Morgan fingerprint density at radius 2 is 1.21 bits per heavy atom. The van der Waals surface area contributed by atoms with Crippen LogP contribution in [0.3, 0.4) is 0 Å². The number of hydrogen-bond acceptors (Lipinski definition) is 2. The lowest BCUT2D eigenvalue weighted by molar-refractivity contribution is 1.33. The van der Waals surface area contributed by atoms with Gasteiger partial charge in [0.15, 0.2) is 0 Å². The largest absolute Gasteiger partial charge is 0.383 e. The van der Waals surface area contributed by atoms with E-state index in [1.54, 1.807) is 0 Å². The van der Waals surface area contributed by atoms with Crippen LogP contribution < -0.4 is 5.73 Å². The number of nitrogens with two attached hydrogens (primary N) is 1. The summed E-state index contributed by atoms with van der Waals surface area (Å²) in [5, 5.41) is 0. The number of rotatable bonds is 2. The van der Waals surface area contributed by atoms with Crippen molar-refractivity contribution >= 4 is 5.82 Å². The molecule has 0 aliphatic heterocycles. The Morgan fingerprint density at radius 3 is 1.79 bits per heavy atom. The molecule has 0 saturated heterocycles. The van der Waals surface area contributed by atoms with Gasteiger partial charge in [-0.05, 0) is 17.7 Å². The van der Waals surface area contributed by atoms with Crippen LogP contribution in [-0.2, 0) is 0 Å². The molecular weight excluding hydrogens is 232 g/mol. The highest BCUT2D eigenvalue weighted by molar-refractivity contribution is 5.76. The summed E-state index contributed by atoms with van der Waals surface area (Å²) in [7, 11) is 0. The quantitative estimate of drug-likeness (QED) is 0.742. The summed E-state index contributed by atoms with van der Waals surface area (Å²) >= 11 is 0. The molecule has 0 unspecified atom stereocenters. The van der Waals surface area contributed by atoms with Crippen molar-refractivity contribution < 1.29 is 0 Å². The average molecular weight is 246 g/mol. The molecule has 0 radical (unpaired) electrons. The summed E-state index contributed by atoms with van der Waals surface area (Å²) in [6.07, 6.45) is 0. The van der Waals surface area contributed by atoms with Crippen LogP contribution in [0.2, 0.25) is 0 Å². The summed E-state index contributed by atoms with van der Waals surface area (Å²) < 4.78 is 0. The SMILES string of the molecule is Nc1nc(-c2ccccc2)ccc1-c1ccccc1. The molecule has 0 amide bonds. The number of pyridine rings is 1. The van der Waals surface area contributed by atoms with Gasteiger partial charge in [0.05, 0.1) is 5.69 Å². The summed E-state index contributed by atoms with van der Waals surface area (Å²) in [5.74, 6) is 0.563. The molecule has 2 heteroatoms. The zero-order chi connectivity index (χ0) is 13.1. The van der Waals surface area contributed by atoms with Crippen LogP contribution in [0.1, 0.15) is 0 Å². The maximum atomic E-state index is 6.08. The van der Waals surface area contributed by atoms with E-state index in [9.17, 15) is 0 Å². The van der Waals surface area contributed by atoms with Crippen molar-refractivity contribution in [2.24, 2.45) is 0 Å². The first-order chi connectivity index (χ1) is 9.34. The molecule has 0 aliphatic rings. The fourth-order valence-corrected chi connectivity index (χ4v) is 2.11. The summed E-state index contributed by atoms with van der Waals surface area (Å²) in [6, 6.07) is 24.2. The molecule has 2 N–H and O–H groups in total. The Morgan fingerprint density at radius 1 is 0.632 bits per heavy atom. The van der Waals surface area contributed by atoms with E-state index in [0.29, 0.717) is 5.82 Å². The monoisotopic (exact) mass is 246 g/mol. The van der Waals surface area contributed by atoms with Crippen molar-refractivity contribution in [2.75, 3.05) is 5.73 Å². The molecule has 0 fully saturated rings. The van der Waals surface area contributed by atoms with Crippen molar-refractivity contribution in [3.05, 3.63) is 72.8 Å². The molecule has 2 nitrogen and oxygen atoms in total. The molecule has 0 saturated carbocycles. The van der Waals surface area contributed by atoms with E-state index in [2.05, 4.69) is 4.98 Å². The van der Waals surface area contributed by atoms with E-state index in [0.717, 1.165) is 22.4 Å². The van der Waals surface area contributed by atoms with Crippen LogP contribution in [0.15, 0.2) is 72.8 Å². The van der Waals surface area contributed by atoms with Gasteiger partial charge in [0.2, 0.25) is 0 Å². The second-order valence-electron chi connectivity index (χ2n) is 4.36. The number of nitrogen functional groups attached to an aromatic ring is 1. The number of nitrogens with zero attached hydrogens (tertiary/aromatic N) is 1. The molecule has 0 spiro atoms. The van der Waals surface area contributed by atoms with Crippen LogP contribution >= 0.6 is 0 Å². The molecule has 1 heterocycles. The molecule has 2 aromatic carbocycles.